The molecule has 0 bridgehead atoms. The topological polar surface area (TPSA) is 88.6 Å². The lowest BCUT2D eigenvalue weighted by molar-refractivity contribution is -0.115. The lowest BCUT2D eigenvalue weighted by atomic mass is 10.2. The van der Waals surface area contributed by atoms with Crippen molar-refractivity contribution in [2.45, 2.75) is 16.5 Å². The molecular formula is C18H25N5O3S2. The second kappa shape index (κ2) is 10.6. The van der Waals surface area contributed by atoms with E-state index in [0.717, 1.165) is 47.1 Å². The number of methoxy groups -OCH3 is 1. The largest absolute Gasteiger partial charge is 0.383 e. The summed E-state index contributed by atoms with van der Waals surface area (Å²) < 4.78 is 11.1. The van der Waals surface area contributed by atoms with Crippen LogP contribution in [0.4, 0.5) is 16.5 Å². The lowest BCUT2D eigenvalue weighted by Gasteiger charge is -2.28. The Balaban J connectivity index is 1.48. The fraction of sp³-hybridized carbons (Fsp3) is 0.500. The van der Waals surface area contributed by atoms with Crippen LogP contribution in [0.1, 0.15) is 6.92 Å². The first-order valence-electron chi connectivity index (χ1n) is 9.12. The maximum absolute atomic E-state index is 12.5. The second-order valence-corrected chi connectivity index (χ2v) is 8.75. The van der Waals surface area contributed by atoms with Gasteiger partial charge in [0.25, 0.3) is 0 Å². The zero-order valence-corrected chi connectivity index (χ0v) is 17.6. The number of aromatic nitrogens is 2. The van der Waals surface area contributed by atoms with Crippen LogP contribution < -0.4 is 15.5 Å². The highest BCUT2D eigenvalue weighted by Crippen LogP contribution is 2.29. The molecule has 1 atom stereocenters. The van der Waals surface area contributed by atoms with Gasteiger partial charge in [-0.15, -0.1) is 10.2 Å². The summed E-state index contributed by atoms with van der Waals surface area (Å²) in [6.07, 6.45) is 0. The van der Waals surface area contributed by atoms with Gasteiger partial charge in [0.1, 0.15) is 0 Å². The molecule has 2 aromatic rings. The minimum absolute atomic E-state index is 0.0618. The molecule has 3 rings (SSSR count). The second-order valence-electron chi connectivity index (χ2n) is 6.19. The van der Waals surface area contributed by atoms with Crippen LogP contribution >= 0.6 is 23.1 Å². The SMILES string of the molecule is COCCNc1nnc(SC(C)C(=O)Nc2ccc(N3CCOCC3)cc2)s1. The molecular weight excluding hydrogens is 398 g/mol. The van der Waals surface area contributed by atoms with Crippen molar-refractivity contribution in [2.75, 3.05) is 62.1 Å². The van der Waals surface area contributed by atoms with Crippen LogP contribution in [0.5, 0.6) is 0 Å². The zero-order valence-electron chi connectivity index (χ0n) is 16.0. The molecule has 1 fully saturated rings. The number of ether oxygens (including phenoxy) is 2. The summed E-state index contributed by atoms with van der Waals surface area (Å²) in [5.41, 5.74) is 1.93. The van der Waals surface area contributed by atoms with Gasteiger partial charge in [-0.25, -0.2) is 0 Å². The third-order valence-corrected chi connectivity index (χ3v) is 6.21. The molecule has 10 heteroatoms. The number of nitrogens with zero attached hydrogens (tertiary/aromatic N) is 3. The van der Waals surface area contributed by atoms with Crippen molar-refractivity contribution in [3.8, 4) is 0 Å². The van der Waals surface area contributed by atoms with E-state index in [0.29, 0.717) is 13.2 Å². The molecule has 2 heterocycles. The number of thioether (sulfide) groups is 1. The fourth-order valence-electron chi connectivity index (χ4n) is 2.61. The van der Waals surface area contributed by atoms with E-state index >= 15 is 0 Å². The summed E-state index contributed by atoms with van der Waals surface area (Å²) in [6.45, 7) is 6.43. The molecule has 0 spiro atoms. The molecule has 1 aliphatic rings. The third kappa shape index (κ3) is 6.06. The molecule has 8 nitrogen and oxygen atoms in total. The van der Waals surface area contributed by atoms with Gasteiger partial charge in [-0.2, -0.15) is 0 Å². The molecule has 0 aliphatic carbocycles. The number of nitrogens with one attached hydrogen (secondary N) is 2. The van der Waals surface area contributed by atoms with Gasteiger partial charge in [-0.1, -0.05) is 23.1 Å². The number of rotatable bonds is 9. The van der Waals surface area contributed by atoms with Crippen LogP contribution in [0.2, 0.25) is 0 Å². The molecule has 0 saturated carbocycles. The summed E-state index contributed by atoms with van der Waals surface area (Å²) in [5, 5.41) is 14.7. The first kappa shape index (κ1) is 20.8. The quantitative estimate of drug-likeness (QED) is 0.470. The highest BCUT2D eigenvalue weighted by Gasteiger charge is 2.18. The van der Waals surface area contributed by atoms with Crippen molar-refractivity contribution < 1.29 is 14.3 Å². The molecule has 1 unspecified atom stereocenters. The Kier molecular flexibility index (Phi) is 7.90. The average molecular weight is 424 g/mol. The van der Waals surface area contributed by atoms with Crippen LogP contribution in [0.15, 0.2) is 28.6 Å². The van der Waals surface area contributed by atoms with E-state index in [1.807, 2.05) is 31.2 Å². The Bertz CT molecular complexity index is 750. The van der Waals surface area contributed by atoms with E-state index < -0.39 is 0 Å². The normalized spacial score (nSPS) is 15.3. The first-order chi connectivity index (χ1) is 13.7. The third-order valence-electron chi connectivity index (χ3n) is 4.15. The first-order valence-corrected chi connectivity index (χ1v) is 10.8. The lowest BCUT2D eigenvalue weighted by Crippen LogP contribution is -2.36. The van der Waals surface area contributed by atoms with Crippen molar-refractivity contribution in [2.24, 2.45) is 0 Å². The maximum Gasteiger partial charge on any atom is 0.237 e. The number of hydrogen-bond donors (Lipinski definition) is 2. The van der Waals surface area contributed by atoms with Crippen molar-refractivity contribution in [1.29, 1.82) is 0 Å². The minimum Gasteiger partial charge on any atom is -0.383 e. The number of carbonyl (C=O) groups is 1. The molecule has 1 amide bonds. The summed E-state index contributed by atoms with van der Waals surface area (Å²) in [4.78, 5) is 14.8. The summed E-state index contributed by atoms with van der Waals surface area (Å²) >= 11 is 2.83. The van der Waals surface area contributed by atoms with Gasteiger partial charge < -0.3 is 25.0 Å². The predicted molar refractivity (Wildman–Crippen MR) is 114 cm³/mol. The summed E-state index contributed by atoms with van der Waals surface area (Å²) in [5.74, 6) is -0.0618. The number of hydrogen-bond acceptors (Lipinski definition) is 9. The highest BCUT2D eigenvalue weighted by atomic mass is 32.2. The van der Waals surface area contributed by atoms with Gasteiger partial charge in [0, 0.05) is 38.1 Å². The number of benzene rings is 1. The van der Waals surface area contributed by atoms with Crippen molar-refractivity contribution in [3.05, 3.63) is 24.3 Å². The van der Waals surface area contributed by atoms with Crippen LogP contribution in [0, 0.1) is 0 Å². The van der Waals surface area contributed by atoms with Gasteiger partial charge in [0.2, 0.25) is 11.0 Å². The molecule has 1 aliphatic heterocycles. The van der Waals surface area contributed by atoms with Crippen LogP contribution in [0.3, 0.4) is 0 Å². The minimum atomic E-state index is -0.279. The van der Waals surface area contributed by atoms with E-state index in [2.05, 4.69) is 25.7 Å². The van der Waals surface area contributed by atoms with Gasteiger partial charge in [-0.3, -0.25) is 4.79 Å². The van der Waals surface area contributed by atoms with E-state index in [9.17, 15) is 4.79 Å². The van der Waals surface area contributed by atoms with E-state index in [-0.39, 0.29) is 11.2 Å². The summed E-state index contributed by atoms with van der Waals surface area (Å²) in [7, 11) is 1.65. The average Bonchev–Trinajstić information content (AvgIpc) is 3.16. The van der Waals surface area contributed by atoms with Gasteiger partial charge in [-0.05, 0) is 31.2 Å². The monoisotopic (exact) mass is 423 g/mol. The van der Waals surface area contributed by atoms with E-state index in [1.54, 1.807) is 7.11 Å². The van der Waals surface area contributed by atoms with Crippen molar-refractivity contribution in [1.82, 2.24) is 10.2 Å². The van der Waals surface area contributed by atoms with Crippen LogP contribution in [0.25, 0.3) is 0 Å². The van der Waals surface area contributed by atoms with Crippen molar-refractivity contribution >= 4 is 45.5 Å². The molecule has 1 aromatic carbocycles. The molecule has 2 N–H and O–H groups in total. The van der Waals surface area contributed by atoms with Gasteiger partial charge >= 0.3 is 0 Å². The Morgan fingerprint density at radius 2 is 2.07 bits per heavy atom. The smallest absolute Gasteiger partial charge is 0.237 e. The number of anilines is 3. The van der Waals surface area contributed by atoms with E-state index in [4.69, 9.17) is 9.47 Å². The van der Waals surface area contributed by atoms with Crippen molar-refractivity contribution in [3.63, 3.8) is 0 Å². The molecule has 1 saturated heterocycles. The number of morpholine rings is 1. The Morgan fingerprint density at radius 1 is 1.32 bits per heavy atom. The Labute approximate surface area is 173 Å². The fourth-order valence-corrected chi connectivity index (χ4v) is 4.54. The predicted octanol–water partition coefficient (Wildman–Crippen LogP) is 2.55. The summed E-state index contributed by atoms with van der Waals surface area (Å²) in [6, 6.07) is 7.93. The van der Waals surface area contributed by atoms with E-state index in [1.165, 1.54) is 23.1 Å². The molecule has 152 valence electrons. The van der Waals surface area contributed by atoms with Gasteiger partial charge in [0.15, 0.2) is 4.34 Å². The highest BCUT2D eigenvalue weighted by molar-refractivity contribution is 8.02. The standard InChI is InChI=1S/C18H25N5O3S2/c1-13(27-18-22-21-17(28-18)19-7-10-25-2)16(24)20-14-3-5-15(6-4-14)23-8-11-26-12-9-23/h3-6,13H,7-12H2,1-2H3,(H,19,21)(H,20,24). The Morgan fingerprint density at radius 3 is 2.79 bits per heavy atom. The molecule has 28 heavy (non-hydrogen) atoms. The zero-order chi connectivity index (χ0) is 19.8. The molecule has 0 radical (unpaired) electrons. The number of carbonyl (C=O) groups excluding carboxylic acids is 1. The maximum atomic E-state index is 12.5. The molecule has 1 aromatic heterocycles. The van der Waals surface area contributed by atoms with Crippen LogP contribution in [-0.4, -0.2) is 67.9 Å². The van der Waals surface area contributed by atoms with Crippen LogP contribution in [-0.2, 0) is 14.3 Å². The van der Waals surface area contributed by atoms with Gasteiger partial charge in [0.05, 0.1) is 25.1 Å². The number of amides is 1. The Hall–Kier alpha value is -1.88.